The van der Waals surface area contributed by atoms with Crippen LogP contribution in [0.2, 0.25) is 5.02 Å². The predicted molar refractivity (Wildman–Crippen MR) is 152 cm³/mol. The maximum Gasteiger partial charge on any atom is 0.229 e. The Kier molecular flexibility index (Phi) is 7.74. The minimum Gasteiger partial charge on any atom is -0.492 e. The largest absolute Gasteiger partial charge is 0.492 e. The molecule has 1 aromatic heterocycles. The van der Waals surface area contributed by atoms with E-state index in [1.807, 2.05) is 24.3 Å². The number of carbonyl (C=O) groups excluding carboxylic acids is 1. The smallest absolute Gasteiger partial charge is 0.229 e. The van der Waals surface area contributed by atoms with Gasteiger partial charge >= 0.3 is 0 Å². The molecule has 1 amide bonds. The van der Waals surface area contributed by atoms with Crippen LogP contribution in [-0.2, 0) is 4.79 Å². The fraction of sp³-hybridized carbons (Fsp3) is 0.621. The van der Waals surface area contributed by atoms with Gasteiger partial charge in [-0.3, -0.25) is 4.79 Å². The van der Waals surface area contributed by atoms with E-state index in [1.165, 1.54) is 25.7 Å². The molecule has 4 saturated carbocycles. The second kappa shape index (κ2) is 10.9. The fourth-order valence-corrected chi connectivity index (χ4v) is 7.17. The van der Waals surface area contributed by atoms with Gasteiger partial charge in [0, 0.05) is 25.3 Å². The summed E-state index contributed by atoms with van der Waals surface area (Å²) in [5, 5.41) is 13.7. The lowest BCUT2D eigenvalue weighted by atomic mass is 9.40. The summed E-state index contributed by atoms with van der Waals surface area (Å²) in [5.74, 6) is 2.59. The summed E-state index contributed by atoms with van der Waals surface area (Å²) >= 11 is 6.56. The Hall–Kier alpha value is -2.58. The molecule has 4 atom stereocenters. The number of amides is 1. The van der Waals surface area contributed by atoms with Crippen molar-refractivity contribution < 1.29 is 9.53 Å². The van der Waals surface area contributed by atoms with Gasteiger partial charge in [-0.1, -0.05) is 38.3 Å². The molecule has 9 heteroatoms. The number of anilines is 3. The van der Waals surface area contributed by atoms with Crippen molar-refractivity contribution in [1.82, 2.24) is 20.6 Å². The Morgan fingerprint density at radius 3 is 2.55 bits per heavy atom. The molecular formula is C29H41ClN6O2. The number of benzene rings is 1. The van der Waals surface area contributed by atoms with Crippen LogP contribution in [0, 0.1) is 23.2 Å². The predicted octanol–water partition coefficient (Wildman–Crippen LogP) is 5.38. The zero-order chi connectivity index (χ0) is 26.9. The molecule has 4 aliphatic rings. The van der Waals surface area contributed by atoms with Gasteiger partial charge in [0.05, 0.1) is 17.7 Å². The Bertz CT molecular complexity index is 1140. The van der Waals surface area contributed by atoms with Gasteiger partial charge in [0.1, 0.15) is 17.4 Å². The van der Waals surface area contributed by atoms with Gasteiger partial charge in [0.25, 0.3) is 0 Å². The van der Waals surface area contributed by atoms with Crippen LogP contribution in [0.1, 0.15) is 59.3 Å². The van der Waals surface area contributed by atoms with Crippen LogP contribution < -0.4 is 26.0 Å². The van der Waals surface area contributed by atoms with Crippen LogP contribution in [0.3, 0.4) is 0 Å². The third-order valence-corrected chi connectivity index (χ3v) is 9.68. The zero-order valence-electron chi connectivity index (χ0n) is 22.9. The van der Waals surface area contributed by atoms with Crippen molar-refractivity contribution in [3.63, 3.8) is 0 Å². The standard InChI is InChI=1S/C29H41ClN6O2/c1-28(2)18-15-22(26(37)31-4)29(3,24(28)16-18)36-25-23(30)17-33-27(35-25)34-20-9-11-21(12-10-20)38-14-13-32-19-7-5-6-8-19/h9-12,17-19,22,24,32H,5-8,13-16H2,1-4H3,(H,31,37)(H2,33,34,35,36)/t18-,22+,24+,29-/m0/s1. The van der Waals surface area contributed by atoms with E-state index in [2.05, 4.69) is 47.0 Å². The van der Waals surface area contributed by atoms with Gasteiger partial charge in [-0.2, -0.15) is 4.98 Å². The number of hydrogen-bond donors (Lipinski definition) is 4. The normalized spacial score (nSPS) is 27.9. The van der Waals surface area contributed by atoms with Gasteiger partial charge in [0.2, 0.25) is 11.9 Å². The summed E-state index contributed by atoms with van der Waals surface area (Å²) in [5.41, 5.74) is 0.535. The Labute approximate surface area is 231 Å². The van der Waals surface area contributed by atoms with Crippen molar-refractivity contribution >= 4 is 35.0 Å². The minimum atomic E-state index is -0.473. The first-order valence-corrected chi connectivity index (χ1v) is 14.3. The molecular weight excluding hydrogens is 500 g/mol. The Morgan fingerprint density at radius 1 is 1.13 bits per heavy atom. The number of rotatable bonds is 10. The van der Waals surface area contributed by atoms with Crippen LogP contribution in [0.5, 0.6) is 5.75 Å². The van der Waals surface area contributed by atoms with E-state index in [4.69, 9.17) is 21.3 Å². The van der Waals surface area contributed by atoms with Crippen molar-refractivity contribution in [2.75, 3.05) is 30.8 Å². The van der Waals surface area contributed by atoms with Crippen LogP contribution in [0.25, 0.3) is 0 Å². The van der Waals surface area contributed by atoms with E-state index in [-0.39, 0.29) is 17.2 Å². The molecule has 38 heavy (non-hydrogen) atoms. The molecule has 1 heterocycles. The van der Waals surface area contributed by atoms with E-state index >= 15 is 0 Å². The number of carbonyl (C=O) groups is 1. The van der Waals surface area contributed by atoms with Crippen molar-refractivity contribution in [1.29, 1.82) is 0 Å². The average Bonchev–Trinajstić information content (AvgIpc) is 3.42. The molecule has 206 valence electrons. The number of halogens is 1. The Morgan fingerprint density at radius 2 is 1.87 bits per heavy atom. The molecule has 4 N–H and O–H groups in total. The summed E-state index contributed by atoms with van der Waals surface area (Å²) in [6, 6.07) is 8.44. The average molecular weight is 541 g/mol. The second-order valence-electron chi connectivity index (χ2n) is 11.9. The van der Waals surface area contributed by atoms with Crippen molar-refractivity contribution in [2.45, 2.75) is 70.9 Å². The van der Waals surface area contributed by atoms with E-state index in [0.717, 1.165) is 30.8 Å². The van der Waals surface area contributed by atoms with Gasteiger partial charge in [0.15, 0.2) is 5.82 Å². The van der Waals surface area contributed by atoms with E-state index in [0.29, 0.717) is 41.3 Å². The number of hydrogen-bond acceptors (Lipinski definition) is 7. The monoisotopic (exact) mass is 540 g/mol. The molecule has 2 bridgehead atoms. The molecule has 0 saturated heterocycles. The van der Waals surface area contributed by atoms with Gasteiger partial charge in [-0.05, 0) is 74.1 Å². The highest BCUT2D eigenvalue weighted by Gasteiger charge is 2.64. The first-order chi connectivity index (χ1) is 18.2. The first kappa shape index (κ1) is 27.0. The molecule has 2 aromatic rings. The molecule has 6 rings (SSSR count). The number of fused-ring (bicyclic) bond motifs is 2. The summed E-state index contributed by atoms with van der Waals surface area (Å²) in [6.45, 7) is 8.26. The van der Waals surface area contributed by atoms with Crippen LogP contribution in [0.15, 0.2) is 30.5 Å². The topological polar surface area (TPSA) is 100 Å². The molecule has 8 nitrogen and oxygen atoms in total. The minimum absolute atomic E-state index is 0.0605. The highest BCUT2D eigenvalue weighted by Crippen LogP contribution is 2.65. The molecule has 0 radical (unpaired) electrons. The van der Waals surface area contributed by atoms with Crippen LogP contribution >= 0.6 is 11.6 Å². The zero-order valence-corrected chi connectivity index (χ0v) is 23.7. The number of nitrogens with one attached hydrogen (secondary N) is 4. The van der Waals surface area contributed by atoms with E-state index in [9.17, 15) is 4.79 Å². The maximum absolute atomic E-state index is 12.9. The Balaban J connectivity index is 1.23. The lowest BCUT2D eigenvalue weighted by molar-refractivity contribution is -0.155. The van der Waals surface area contributed by atoms with Crippen molar-refractivity contribution in [3.05, 3.63) is 35.5 Å². The van der Waals surface area contributed by atoms with Crippen LogP contribution in [-0.4, -0.2) is 47.7 Å². The molecule has 1 aromatic carbocycles. The third-order valence-electron chi connectivity index (χ3n) is 9.40. The first-order valence-electron chi connectivity index (χ1n) is 14.0. The van der Waals surface area contributed by atoms with Crippen molar-refractivity contribution in [3.8, 4) is 5.75 Å². The number of ether oxygens (including phenoxy) is 1. The SMILES string of the molecule is CNC(=O)[C@H]1C[C@H]2C[C@H](C2(C)C)[C@@]1(C)Nc1nc(Nc2ccc(OCCNC3CCCC3)cc2)ncc1Cl. The van der Waals surface area contributed by atoms with Gasteiger partial charge < -0.3 is 26.0 Å². The molecule has 0 unspecified atom stereocenters. The van der Waals surface area contributed by atoms with Crippen LogP contribution in [0.4, 0.5) is 17.5 Å². The second-order valence-corrected chi connectivity index (χ2v) is 12.3. The number of aromatic nitrogens is 2. The van der Waals surface area contributed by atoms with Gasteiger partial charge in [-0.15, -0.1) is 0 Å². The molecule has 4 fully saturated rings. The summed E-state index contributed by atoms with van der Waals surface area (Å²) in [6.07, 6.45) is 8.76. The summed E-state index contributed by atoms with van der Waals surface area (Å²) < 4.78 is 5.89. The lowest BCUT2D eigenvalue weighted by Crippen LogP contribution is -2.69. The summed E-state index contributed by atoms with van der Waals surface area (Å²) in [7, 11) is 1.71. The third kappa shape index (κ3) is 5.30. The van der Waals surface area contributed by atoms with E-state index in [1.54, 1.807) is 13.2 Å². The van der Waals surface area contributed by atoms with Gasteiger partial charge in [-0.25, -0.2) is 4.98 Å². The maximum atomic E-state index is 12.9. The van der Waals surface area contributed by atoms with E-state index < -0.39 is 5.54 Å². The highest BCUT2D eigenvalue weighted by molar-refractivity contribution is 6.32. The molecule has 0 aliphatic heterocycles. The number of nitrogens with zero attached hydrogens (tertiary/aromatic N) is 2. The molecule has 4 aliphatic carbocycles. The quantitative estimate of drug-likeness (QED) is 0.300. The summed E-state index contributed by atoms with van der Waals surface area (Å²) in [4.78, 5) is 22.0. The highest BCUT2D eigenvalue weighted by atomic mass is 35.5. The lowest BCUT2D eigenvalue weighted by Gasteiger charge is -2.66. The fourth-order valence-electron chi connectivity index (χ4n) is 7.03. The van der Waals surface area contributed by atoms with Crippen molar-refractivity contribution in [2.24, 2.45) is 23.2 Å². The molecule has 0 spiro atoms.